The number of primary amides is 1. The highest BCUT2D eigenvalue weighted by molar-refractivity contribution is 5.85. The fourth-order valence-corrected chi connectivity index (χ4v) is 0.576. The number of amides is 2. The molecule has 2 amide bonds. The minimum absolute atomic E-state index is 0.0944. The van der Waals surface area contributed by atoms with Crippen molar-refractivity contribution >= 4 is 11.8 Å². The van der Waals surface area contributed by atoms with Gasteiger partial charge in [-0.05, 0) is 6.42 Å². The van der Waals surface area contributed by atoms with Gasteiger partial charge in [-0.15, -0.1) is 0 Å². The maximum Gasteiger partial charge on any atom is 0.225 e. The number of carbonyl (C=O) groups excluding carboxylic acids is 2. The predicted molar refractivity (Wildman–Crippen MR) is 46.0 cm³/mol. The lowest BCUT2D eigenvalue weighted by atomic mass is 10.1. The Morgan fingerprint density at radius 3 is 2.33 bits per heavy atom. The summed E-state index contributed by atoms with van der Waals surface area (Å²) in [5.74, 6) is -0.741. The summed E-state index contributed by atoms with van der Waals surface area (Å²) < 4.78 is 0. The quantitative estimate of drug-likeness (QED) is 0.636. The lowest BCUT2D eigenvalue weighted by Gasteiger charge is -2.11. The van der Waals surface area contributed by atoms with E-state index in [-0.39, 0.29) is 17.7 Å². The first-order valence-corrected chi connectivity index (χ1v) is 3.79. The lowest BCUT2D eigenvalue weighted by Crippen LogP contribution is -2.26. The summed E-state index contributed by atoms with van der Waals surface area (Å²) in [6, 6.07) is 0. The molecule has 69 valence electrons. The molecule has 1 radical (unpaired) electrons. The van der Waals surface area contributed by atoms with Crippen molar-refractivity contribution in [1.82, 2.24) is 4.90 Å². The van der Waals surface area contributed by atoms with Crippen LogP contribution in [0.3, 0.4) is 0 Å². The van der Waals surface area contributed by atoms with Crippen LogP contribution < -0.4 is 5.73 Å². The topological polar surface area (TPSA) is 63.4 Å². The molecule has 0 heterocycles. The van der Waals surface area contributed by atoms with Crippen LogP contribution in [-0.4, -0.2) is 30.8 Å². The van der Waals surface area contributed by atoms with Gasteiger partial charge in [0.15, 0.2) is 0 Å². The second-order valence-electron chi connectivity index (χ2n) is 2.98. The van der Waals surface area contributed by atoms with Crippen molar-refractivity contribution in [3.05, 3.63) is 6.42 Å². The number of nitrogens with two attached hydrogens (primary N) is 1. The van der Waals surface area contributed by atoms with Crippen LogP contribution in [-0.2, 0) is 9.59 Å². The molecule has 2 N–H and O–H groups in total. The Morgan fingerprint density at radius 2 is 2.00 bits per heavy atom. The first-order chi connectivity index (χ1) is 5.45. The van der Waals surface area contributed by atoms with Crippen LogP contribution in [0.1, 0.15) is 13.3 Å². The molecule has 0 aromatic carbocycles. The Labute approximate surface area is 72.7 Å². The molecular formula is C8H15N2O2. The zero-order valence-electron chi connectivity index (χ0n) is 7.70. The van der Waals surface area contributed by atoms with E-state index in [1.807, 2.05) is 0 Å². The van der Waals surface area contributed by atoms with Gasteiger partial charge in [0.1, 0.15) is 0 Å². The third-order valence-electron chi connectivity index (χ3n) is 1.57. The van der Waals surface area contributed by atoms with Gasteiger partial charge >= 0.3 is 0 Å². The van der Waals surface area contributed by atoms with Crippen molar-refractivity contribution in [2.45, 2.75) is 13.3 Å². The van der Waals surface area contributed by atoms with Gasteiger partial charge in [0.05, 0.1) is 6.42 Å². The Kier molecular flexibility index (Phi) is 4.33. The van der Waals surface area contributed by atoms with E-state index >= 15 is 0 Å². The van der Waals surface area contributed by atoms with Crippen molar-refractivity contribution < 1.29 is 9.59 Å². The average Bonchev–Trinajstić information content (AvgIpc) is 1.98. The molecule has 0 aliphatic heterocycles. The van der Waals surface area contributed by atoms with E-state index in [0.29, 0.717) is 6.42 Å². The molecular weight excluding hydrogens is 156 g/mol. The number of carbonyl (C=O) groups is 2. The molecule has 0 aliphatic rings. The lowest BCUT2D eigenvalue weighted by molar-refractivity contribution is -0.125. The minimum atomic E-state index is -0.377. The molecule has 12 heavy (non-hydrogen) atoms. The van der Waals surface area contributed by atoms with E-state index in [0.717, 1.165) is 0 Å². The summed E-state index contributed by atoms with van der Waals surface area (Å²) >= 11 is 0. The first kappa shape index (κ1) is 10.9. The van der Waals surface area contributed by atoms with E-state index < -0.39 is 0 Å². The summed E-state index contributed by atoms with van der Waals surface area (Å²) in [5, 5.41) is 0. The van der Waals surface area contributed by atoms with Crippen molar-refractivity contribution in [3.8, 4) is 0 Å². The molecule has 0 spiro atoms. The highest BCUT2D eigenvalue weighted by Gasteiger charge is 2.12. The summed E-state index contributed by atoms with van der Waals surface area (Å²) in [7, 11) is 3.32. The molecule has 0 rings (SSSR count). The maximum absolute atomic E-state index is 11.0. The number of hydrogen-bond acceptors (Lipinski definition) is 2. The second-order valence-corrected chi connectivity index (χ2v) is 2.98. The highest BCUT2D eigenvalue weighted by Crippen LogP contribution is 2.04. The van der Waals surface area contributed by atoms with Crippen molar-refractivity contribution in [1.29, 1.82) is 0 Å². The van der Waals surface area contributed by atoms with E-state index in [9.17, 15) is 9.59 Å². The average molecular weight is 171 g/mol. The molecule has 0 aromatic rings. The van der Waals surface area contributed by atoms with E-state index in [1.54, 1.807) is 21.0 Å². The fraction of sp³-hybridized carbons (Fsp3) is 0.625. The third-order valence-corrected chi connectivity index (χ3v) is 1.57. The molecule has 0 fully saturated rings. The highest BCUT2D eigenvalue weighted by atomic mass is 16.2. The molecule has 4 nitrogen and oxygen atoms in total. The molecule has 0 aliphatic carbocycles. The molecule has 0 saturated heterocycles. The van der Waals surface area contributed by atoms with Crippen LogP contribution >= 0.6 is 0 Å². The molecule has 4 heteroatoms. The van der Waals surface area contributed by atoms with Crippen LogP contribution in [0.25, 0.3) is 0 Å². The zero-order valence-corrected chi connectivity index (χ0v) is 7.70. The zero-order chi connectivity index (χ0) is 9.72. The molecule has 1 atom stereocenters. The van der Waals surface area contributed by atoms with Crippen LogP contribution in [0.2, 0.25) is 0 Å². The largest absolute Gasteiger partial charge is 0.369 e. The van der Waals surface area contributed by atoms with Crippen LogP contribution in [0.5, 0.6) is 0 Å². The van der Waals surface area contributed by atoms with Crippen LogP contribution in [0.15, 0.2) is 0 Å². The van der Waals surface area contributed by atoms with Crippen LogP contribution in [0, 0.1) is 12.3 Å². The van der Waals surface area contributed by atoms with Gasteiger partial charge in [-0.3, -0.25) is 9.59 Å². The van der Waals surface area contributed by atoms with Gasteiger partial charge in [-0.2, -0.15) is 0 Å². The minimum Gasteiger partial charge on any atom is -0.369 e. The molecule has 0 saturated carbocycles. The Morgan fingerprint density at radius 1 is 1.50 bits per heavy atom. The first-order valence-electron chi connectivity index (χ1n) is 3.79. The Bertz CT molecular complexity index is 178. The van der Waals surface area contributed by atoms with Gasteiger partial charge in [0, 0.05) is 20.0 Å². The molecule has 0 bridgehead atoms. The Balaban J connectivity index is 3.69. The van der Waals surface area contributed by atoms with Gasteiger partial charge in [-0.25, -0.2) is 0 Å². The van der Waals surface area contributed by atoms with Crippen molar-refractivity contribution in [2.75, 3.05) is 14.1 Å². The SMILES string of the molecule is C[C@@H](C[CH]C(=O)N(C)C)C(N)=O. The maximum atomic E-state index is 11.0. The van der Waals surface area contributed by atoms with Gasteiger partial charge < -0.3 is 10.6 Å². The Hall–Kier alpha value is -1.06. The summed E-state index contributed by atoms with van der Waals surface area (Å²) in [6.07, 6.45) is 1.88. The monoisotopic (exact) mass is 171 g/mol. The number of hydrogen-bond donors (Lipinski definition) is 1. The molecule has 0 aromatic heterocycles. The summed E-state index contributed by atoms with van der Waals surface area (Å²) in [5.41, 5.74) is 5.01. The van der Waals surface area contributed by atoms with Crippen LogP contribution in [0.4, 0.5) is 0 Å². The normalized spacial score (nSPS) is 12.2. The van der Waals surface area contributed by atoms with E-state index in [2.05, 4.69) is 0 Å². The smallest absolute Gasteiger partial charge is 0.225 e. The van der Waals surface area contributed by atoms with Crippen molar-refractivity contribution in [3.63, 3.8) is 0 Å². The van der Waals surface area contributed by atoms with E-state index in [1.165, 1.54) is 11.3 Å². The summed E-state index contributed by atoms with van der Waals surface area (Å²) in [4.78, 5) is 23.0. The van der Waals surface area contributed by atoms with Crippen molar-refractivity contribution in [2.24, 2.45) is 11.7 Å². The van der Waals surface area contributed by atoms with E-state index in [4.69, 9.17) is 5.73 Å². The fourth-order valence-electron chi connectivity index (χ4n) is 0.576. The van der Waals surface area contributed by atoms with Gasteiger partial charge in [0.2, 0.25) is 11.8 Å². The van der Waals surface area contributed by atoms with Gasteiger partial charge in [0.25, 0.3) is 0 Å². The molecule has 0 unspecified atom stereocenters. The number of nitrogens with zero attached hydrogens (tertiary/aromatic N) is 1. The third kappa shape index (κ3) is 3.95. The van der Waals surface area contributed by atoms with Gasteiger partial charge in [-0.1, -0.05) is 6.92 Å². The predicted octanol–water partition coefficient (Wildman–Crippen LogP) is -0.210. The summed E-state index contributed by atoms with van der Waals surface area (Å²) in [6.45, 7) is 1.70. The second kappa shape index (κ2) is 4.74. The standard InChI is InChI=1S/C8H15N2O2/c1-6(8(9)12)4-5-7(11)10(2)3/h5-6H,4H2,1-3H3,(H2,9,12)/t6-/m0/s1. The number of rotatable bonds is 4.